The second kappa shape index (κ2) is 4.63. The molecule has 0 unspecified atom stereocenters. The van der Waals surface area contributed by atoms with E-state index in [4.69, 9.17) is 5.73 Å². The Morgan fingerprint density at radius 3 is 2.47 bits per heavy atom. The molecule has 2 aromatic carbocycles. The molecule has 2 N–H and O–H groups in total. The molecule has 88 valence electrons. The first-order valence-corrected chi connectivity index (χ1v) is 5.37. The van der Waals surface area contributed by atoms with Crippen molar-refractivity contribution >= 4 is 0 Å². The van der Waals surface area contributed by atoms with E-state index in [1.54, 1.807) is 18.2 Å². The Kier molecular flexibility index (Phi) is 3.20. The molecule has 0 heterocycles. The van der Waals surface area contributed by atoms with Crippen LogP contribution in [0, 0.1) is 18.6 Å². The average molecular weight is 233 g/mol. The minimum absolute atomic E-state index is 0.161. The molecule has 0 fully saturated rings. The van der Waals surface area contributed by atoms with Gasteiger partial charge < -0.3 is 5.73 Å². The molecule has 0 aliphatic rings. The third kappa shape index (κ3) is 2.34. The van der Waals surface area contributed by atoms with Gasteiger partial charge in [-0.3, -0.25) is 0 Å². The highest BCUT2D eigenvalue weighted by atomic mass is 19.1. The third-order valence-electron chi connectivity index (χ3n) is 2.78. The van der Waals surface area contributed by atoms with Crippen molar-refractivity contribution in [1.29, 1.82) is 0 Å². The van der Waals surface area contributed by atoms with Gasteiger partial charge in [-0.1, -0.05) is 18.2 Å². The number of benzene rings is 2. The minimum atomic E-state index is -0.353. The minimum Gasteiger partial charge on any atom is -0.326 e. The number of aryl methyl sites for hydroxylation is 1. The van der Waals surface area contributed by atoms with Gasteiger partial charge >= 0.3 is 0 Å². The van der Waals surface area contributed by atoms with E-state index in [0.717, 1.165) is 5.56 Å². The van der Waals surface area contributed by atoms with Crippen LogP contribution in [-0.2, 0) is 6.54 Å². The Balaban J connectivity index is 2.53. The van der Waals surface area contributed by atoms with E-state index < -0.39 is 0 Å². The van der Waals surface area contributed by atoms with E-state index in [1.165, 1.54) is 18.2 Å². The van der Waals surface area contributed by atoms with Crippen LogP contribution in [0.25, 0.3) is 11.1 Å². The monoisotopic (exact) mass is 233 g/mol. The van der Waals surface area contributed by atoms with E-state index in [1.807, 2.05) is 6.92 Å². The average Bonchev–Trinajstić information content (AvgIpc) is 2.32. The number of hydrogen-bond acceptors (Lipinski definition) is 1. The molecule has 0 aromatic heterocycles. The van der Waals surface area contributed by atoms with Gasteiger partial charge in [-0.15, -0.1) is 0 Å². The number of hydrogen-bond donors (Lipinski definition) is 1. The van der Waals surface area contributed by atoms with Crippen LogP contribution in [0.4, 0.5) is 8.78 Å². The first kappa shape index (κ1) is 11.7. The van der Waals surface area contributed by atoms with Crippen LogP contribution in [0.3, 0.4) is 0 Å². The Morgan fingerprint density at radius 1 is 1.06 bits per heavy atom. The van der Waals surface area contributed by atoms with Crippen molar-refractivity contribution in [2.75, 3.05) is 0 Å². The second-order valence-corrected chi connectivity index (χ2v) is 3.97. The molecule has 3 heteroatoms. The molecule has 17 heavy (non-hydrogen) atoms. The van der Waals surface area contributed by atoms with Crippen LogP contribution in [0.1, 0.15) is 11.1 Å². The first-order valence-electron chi connectivity index (χ1n) is 5.37. The number of nitrogens with two attached hydrogens (primary N) is 1. The molecule has 0 atom stereocenters. The molecule has 0 aliphatic heterocycles. The molecule has 0 saturated carbocycles. The lowest BCUT2D eigenvalue weighted by Gasteiger charge is -2.08. The summed E-state index contributed by atoms with van der Waals surface area (Å²) < 4.78 is 26.8. The van der Waals surface area contributed by atoms with Gasteiger partial charge in [0.25, 0.3) is 0 Å². The zero-order valence-corrected chi connectivity index (χ0v) is 9.50. The lowest BCUT2D eigenvalue weighted by Crippen LogP contribution is -1.99. The fourth-order valence-electron chi connectivity index (χ4n) is 1.79. The van der Waals surface area contributed by atoms with E-state index in [0.29, 0.717) is 16.7 Å². The molecule has 2 aromatic rings. The summed E-state index contributed by atoms with van der Waals surface area (Å²) in [5.41, 5.74) is 8.13. The van der Waals surface area contributed by atoms with Crippen molar-refractivity contribution in [2.45, 2.75) is 13.5 Å². The highest BCUT2D eigenvalue weighted by molar-refractivity contribution is 5.67. The molecule has 0 saturated heterocycles. The van der Waals surface area contributed by atoms with Crippen molar-refractivity contribution in [2.24, 2.45) is 5.73 Å². The van der Waals surface area contributed by atoms with Crippen molar-refractivity contribution in [1.82, 2.24) is 0 Å². The van der Waals surface area contributed by atoms with Gasteiger partial charge in [0.05, 0.1) is 0 Å². The summed E-state index contributed by atoms with van der Waals surface area (Å²) in [7, 11) is 0. The van der Waals surface area contributed by atoms with Crippen LogP contribution in [-0.4, -0.2) is 0 Å². The van der Waals surface area contributed by atoms with E-state index in [2.05, 4.69) is 0 Å². The van der Waals surface area contributed by atoms with Crippen LogP contribution in [0.2, 0.25) is 0 Å². The summed E-state index contributed by atoms with van der Waals surface area (Å²) in [6.07, 6.45) is 0. The van der Waals surface area contributed by atoms with Gasteiger partial charge in [0.1, 0.15) is 11.6 Å². The Labute approximate surface area is 98.9 Å². The second-order valence-electron chi connectivity index (χ2n) is 3.97. The Hall–Kier alpha value is -1.74. The van der Waals surface area contributed by atoms with Gasteiger partial charge in [0.15, 0.2) is 0 Å². The zero-order valence-electron chi connectivity index (χ0n) is 9.50. The molecular formula is C14H13F2N. The van der Waals surface area contributed by atoms with E-state index >= 15 is 0 Å². The molecule has 0 spiro atoms. The standard InChI is InChI=1S/C14H13F2N/c1-9-2-5-12(15)7-13(9)10-3-4-11(8-17)14(16)6-10/h2-7H,8,17H2,1H3. The highest BCUT2D eigenvalue weighted by Crippen LogP contribution is 2.25. The van der Waals surface area contributed by atoms with Gasteiger partial charge in [-0.25, -0.2) is 8.78 Å². The Morgan fingerprint density at radius 2 is 1.82 bits per heavy atom. The zero-order chi connectivity index (χ0) is 12.4. The van der Waals surface area contributed by atoms with Gasteiger partial charge in [0.2, 0.25) is 0 Å². The molecule has 0 amide bonds. The predicted octanol–water partition coefficient (Wildman–Crippen LogP) is 3.40. The van der Waals surface area contributed by atoms with E-state index in [-0.39, 0.29) is 18.2 Å². The van der Waals surface area contributed by atoms with Gasteiger partial charge in [0, 0.05) is 12.1 Å². The summed E-state index contributed by atoms with van der Waals surface area (Å²) in [4.78, 5) is 0. The molecule has 0 aliphatic carbocycles. The summed E-state index contributed by atoms with van der Waals surface area (Å²) in [5, 5.41) is 0. The highest BCUT2D eigenvalue weighted by Gasteiger charge is 2.07. The summed E-state index contributed by atoms with van der Waals surface area (Å²) in [6.45, 7) is 2.03. The molecular weight excluding hydrogens is 220 g/mol. The maximum Gasteiger partial charge on any atom is 0.128 e. The maximum atomic E-state index is 13.6. The summed E-state index contributed by atoms with van der Waals surface area (Å²) in [6, 6.07) is 9.26. The number of rotatable bonds is 2. The Bertz CT molecular complexity index is 550. The fraction of sp³-hybridized carbons (Fsp3) is 0.143. The van der Waals surface area contributed by atoms with Gasteiger partial charge in [-0.05, 0) is 41.8 Å². The molecule has 1 nitrogen and oxygen atoms in total. The van der Waals surface area contributed by atoms with Crippen LogP contribution >= 0.6 is 0 Å². The van der Waals surface area contributed by atoms with Crippen LogP contribution in [0.5, 0.6) is 0 Å². The SMILES string of the molecule is Cc1ccc(F)cc1-c1ccc(CN)c(F)c1. The lowest BCUT2D eigenvalue weighted by atomic mass is 9.99. The summed E-state index contributed by atoms with van der Waals surface area (Å²) in [5.74, 6) is -0.678. The maximum absolute atomic E-state index is 13.6. The van der Waals surface area contributed by atoms with Crippen molar-refractivity contribution in [3.05, 3.63) is 59.2 Å². The van der Waals surface area contributed by atoms with Gasteiger partial charge in [-0.2, -0.15) is 0 Å². The van der Waals surface area contributed by atoms with E-state index in [9.17, 15) is 8.78 Å². The fourth-order valence-corrected chi connectivity index (χ4v) is 1.79. The largest absolute Gasteiger partial charge is 0.326 e. The molecule has 0 radical (unpaired) electrons. The normalized spacial score (nSPS) is 10.6. The van der Waals surface area contributed by atoms with Crippen LogP contribution in [0.15, 0.2) is 36.4 Å². The van der Waals surface area contributed by atoms with Crippen molar-refractivity contribution in [3.8, 4) is 11.1 Å². The third-order valence-corrected chi connectivity index (χ3v) is 2.78. The van der Waals surface area contributed by atoms with Crippen molar-refractivity contribution < 1.29 is 8.78 Å². The molecule has 2 rings (SSSR count). The topological polar surface area (TPSA) is 26.0 Å². The van der Waals surface area contributed by atoms with Crippen LogP contribution < -0.4 is 5.73 Å². The van der Waals surface area contributed by atoms with Crippen molar-refractivity contribution in [3.63, 3.8) is 0 Å². The number of halogens is 2. The lowest BCUT2D eigenvalue weighted by molar-refractivity contribution is 0.611. The predicted molar refractivity (Wildman–Crippen MR) is 64.4 cm³/mol. The first-order chi connectivity index (χ1) is 8.11. The molecule has 0 bridgehead atoms. The summed E-state index contributed by atoms with van der Waals surface area (Å²) >= 11 is 0. The quantitative estimate of drug-likeness (QED) is 0.845. The smallest absolute Gasteiger partial charge is 0.128 e.